The van der Waals surface area contributed by atoms with E-state index in [1.54, 1.807) is 20.8 Å². The fourth-order valence-electron chi connectivity index (χ4n) is 5.30. The fraction of sp³-hybridized carbons (Fsp3) is 0.889. The fourth-order valence-corrected chi connectivity index (χ4v) is 5.30. The molecule has 11 nitrogen and oxygen atoms in total. The van der Waals surface area contributed by atoms with Crippen LogP contribution in [0.2, 0.25) is 0 Å². The van der Waals surface area contributed by atoms with E-state index in [2.05, 4.69) is 0 Å². The molecule has 0 aromatic heterocycles. The first-order valence-corrected chi connectivity index (χ1v) is 13.3. The van der Waals surface area contributed by atoms with Crippen LogP contribution in [-0.4, -0.2) is 114 Å². The molecule has 0 saturated carbocycles. The number of esters is 1. The minimum atomic E-state index is -2.23. The van der Waals surface area contributed by atoms with Crippen molar-refractivity contribution in [2.75, 3.05) is 27.9 Å². The summed E-state index contributed by atoms with van der Waals surface area (Å²) in [6, 6.07) is 0. The van der Waals surface area contributed by atoms with Gasteiger partial charge in [0.15, 0.2) is 6.10 Å². The Kier molecular flexibility index (Phi) is 12.1. The minimum absolute atomic E-state index is 0.0174. The van der Waals surface area contributed by atoms with Crippen LogP contribution in [0.25, 0.3) is 0 Å². The Morgan fingerprint density at radius 3 is 2.18 bits per heavy atom. The van der Waals surface area contributed by atoms with Crippen molar-refractivity contribution in [1.29, 1.82) is 0 Å². The van der Waals surface area contributed by atoms with Crippen molar-refractivity contribution in [2.24, 2.45) is 11.3 Å². The second-order valence-electron chi connectivity index (χ2n) is 11.1. The van der Waals surface area contributed by atoms with Crippen LogP contribution >= 0.6 is 0 Å². The SMILES string of the molecule is CC[C@@H](/C=C(\C)C1C[C@H](OC)C[C@H](O)C(C)(C)[C@]2(O)O[C@@H](C[C@H](OC)[C@@H](O)C(=O)O1)C[C@H](OC)[C@@H]2O)CO. The highest BCUT2D eigenvalue weighted by Crippen LogP contribution is 2.46. The third kappa shape index (κ3) is 7.13. The molecule has 1 unspecified atom stereocenters. The zero-order valence-corrected chi connectivity index (χ0v) is 23.7. The highest BCUT2D eigenvalue weighted by atomic mass is 16.7. The van der Waals surface area contributed by atoms with Gasteiger partial charge in [-0.2, -0.15) is 0 Å². The Balaban J connectivity index is 2.56. The van der Waals surface area contributed by atoms with Crippen molar-refractivity contribution < 1.29 is 54.0 Å². The summed E-state index contributed by atoms with van der Waals surface area (Å²) in [5, 5.41) is 54.7. The lowest BCUT2D eigenvalue weighted by Gasteiger charge is -2.54. The van der Waals surface area contributed by atoms with Gasteiger partial charge in [-0.05, 0) is 18.9 Å². The van der Waals surface area contributed by atoms with Crippen molar-refractivity contribution in [2.45, 2.75) is 114 Å². The molecule has 0 spiro atoms. The Hall–Kier alpha value is -1.15. The van der Waals surface area contributed by atoms with Crippen LogP contribution in [0.4, 0.5) is 0 Å². The van der Waals surface area contributed by atoms with E-state index in [1.165, 1.54) is 21.3 Å². The molecule has 0 amide bonds. The second-order valence-corrected chi connectivity index (χ2v) is 11.1. The Morgan fingerprint density at radius 2 is 1.66 bits per heavy atom. The summed E-state index contributed by atoms with van der Waals surface area (Å²) in [4.78, 5) is 13.1. The van der Waals surface area contributed by atoms with Crippen LogP contribution in [0, 0.1) is 11.3 Å². The van der Waals surface area contributed by atoms with Crippen molar-refractivity contribution in [3.05, 3.63) is 11.6 Å². The van der Waals surface area contributed by atoms with Crippen LogP contribution in [0.5, 0.6) is 0 Å². The van der Waals surface area contributed by atoms with Crippen molar-refractivity contribution in [1.82, 2.24) is 0 Å². The molecule has 5 N–H and O–H groups in total. The molecule has 0 aliphatic carbocycles. The lowest BCUT2D eigenvalue weighted by Crippen LogP contribution is -2.68. The number of fused-ring (bicyclic) bond motifs is 2. The largest absolute Gasteiger partial charge is 0.456 e. The molecule has 0 radical (unpaired) electrons. The Morgan fingerprint density at radius 1 is 1.05 bits per heavy atom. The van der Waals surface area contributed by atoms with E-state index in [-0.39, 0.29) is 38.2 Å². The predicted octanol–water partition coefficient (Wildman–Crippen LogP) is 0.678. The molecular weight excluding hydrogens is 500 g/mol. The lowest BCUT2D eigenvalue weighted by molar-refractivity contribution is -0.379. The Bertz CT molecular complexity index is 783. The van der Waals surface area contributed by atoms with E-state index >= 15 is 0 Å². The van der Waals surface area contributed by atoms with Gasteiger partial charge in [-0.15, -0.1) is 0 Å². The maximum Gasteiger partial charge on any atom is 0.338 e. The van der Waals surface area contributed by atoms with Crippen LogP contribution in [0.3, 0.4) is 0 Å². The van der Waals surface area contributed by atoms with Gasteiger partial charge in [-0.3, -0.25) is 0 Å². The van der Waals surface area contributed by atoms with Gasteiger partial charge in [0.05, 0.1) is 30.5 Å². The third-order valence-electron chi connectivity index (χ3n) is 8.37. The second kappa shape index (κ2) is 14.0. The van der Waals surface area contributed by atoms with Gasteiger partial charge >= 0.3 is 5.97 Å². The molecule has 11 heteroatoms. The van der Waals surface area contributed by atoms with Crippen molar-refractivity contribution >= 4 is 5.97 Å². The summed E-state index contributed by atoms with van der Waals surface area (Å²) >= 11 is 0. The summed E-state index contributed by atoms with van der Waals surface area (Å²) in [6.45, 7) is 6.81. The van der Waals surface area contributed by atoms with Gasteiger partial charge in [0.1, 0.15) is 12.2 Å². The zero-order valence-electron chi connectivity index (χ0n) is 23.7. The molecule has 0 aromatic rings. The molecule has 2 aliphatic rings. The molecule has 0 aromatic carbocycles. The van der Waals surface area contributed by atoms with E-state index in [4.69, 9.17) is 23.7 Å². The van der Waals surface area contributed by atoms with Crippen LogP contribution in [0.15, 0.2) is 11.6 Å². The normalized spacial score (nSPS) is 40.2. The van der Waals surface area contributed by atoms with E-state index < -0.39 is 66.0 Å². The van der Waals surface area contributed by atoms with Gasteiger partial charge in [0, 0.05) is 65.0 Å². The maximum atomic E-state index is 13.1. The number of ether oxygens (including phenoxy) is 5. The average Bonchev–Trinajstić information content (AvgIpc) is 2.89. The summed E-state index contributed by atoms with van der Waals surface area (Å²) < 4.78 is 28.3. The summed E-state index contributed by atoms with van der Waals surface area (Å²) in [7, 11) is 4.20. The molecule has 2 fully saturated rings. The number of hydrogen-bond acceptors (Lipinski definition) is 11. The first-order chi connectivity index (χ1) is 17.8. The monoisotopic (exact) mass is 548 g/mol. The van der Waals surface area contributed by atoms with E-state index in [1.807, 2.05) is 13.0 Å². The van der Waals surface area contributed by atoms with Gasteiger partial charge in [-0.1, -0.05) is 26.8 Å². The number of aliphatic hydroxyl groups is 5. The minimum Gasteiger partial charge on any atom is -0.456 e. The predicted molar refractivity (Wildman–Crippen MR) is 137 cm³/mol. The zero-order chi connectivity index (χ0) is 28.8. The number of aliphatic hydroxyl groups excluding tert-OH is 4. The quantitative estimate of drug-likeness (QED) is 0.224. The molecule has 2 rings (SSSR count). The summed E-state index contributed by atoms with van der Waals surface area (Å²) in [5.41, 5.74) is -0.730. The van der Waals surface area contributed by atoms with E-state index in [0.717, 1.165) is 0 Å². The number of methoxy groups -OCH3 is 3. The molecule has 2 bridgehead atoms. The van der Waals surface area contributed by atoms with Gasteiger partial charge in [-0.25, -0.2) is 4.79 Å². The van der Waals surface area contributed by atoms with Crippen LogP contribution < -0.4 is 0 Å². The average molecular weight is 549 g/mol. The molecule has 10 atom stereocenters. The highest BCUT2D eigenvalue weighted by Gasteiger charge is 2.60. The summed E-state index contributed by atoms with van der Waals surface area (Å²) in [5.74, 6) is -3.29. The van der Waals surface area contributed by atoms with Crippen LogP contribution in [-0.2, 0) is 28.5 Å². The number of hydrogen-bond donors (Lipinski definition) is 5. The molecular formula is C27H48O11. The molecule has 222 valence electrons. The number of rotatable bonds is 7. The van der Waals surface area contributed by atoms with E-state index in [0.29, 0.717) is 12.0 Å². The van der Waals surface area contributed by atoms with Gasteiger partial charge in [0.2, 0.25) is 5.79 Å². The number of carbonyl (C=O) groups is 1. The first kappa shape index (κ1) is 33.1. The molecule has 2 aliphatic heterocycles. The maximum absolute atomic E-state index is 13.1. The third-order valence-corrected chi connectivity index (χ3v) is 8.37. The molecule has 2 saturated heterocycles. The molecule has 2 heterocycles. The smallest absolute Gasteiger partial charge is 0.338 e. The summed E-state index contributed by atoms with van der Waals surface area (Å²) in [6.07, 6.45) is -5.71. The van der Waals surface area contributed by atoms with Gasteiger partial charge < -0.3 is 49.2 Å². The Labute approximate surface area is 225 Å². The van der Waals surface area contributed by atoms with Crippen molar-refractivity contribution in [3.8, 4) is 0 Å². The number of carbonyl (C=O) groups excluding carboxylic acids is 1. The highest BCUT2D eigenvalue weighted by molar-refractivity contribution is 5.75. The lowest BCUT2D eigenvalue weighted by atomic mass is 9.70. The van der Waals surface area contributed by atoms with Crippen molar-refractivity contribution in [3.63, 3.8) is 0 Å². The van der Waals surface area contributed by atoms with Crippen LogP contribution in [0.1, 0.15) is 59.8 Å². The number of cyclic esters (lactones) is 1. The first-order valence-electron chi connectivity index (χ1n) is 13.3. The van der Waals surface area contributed by atoms with Gasteiger partial charge in [0.25, 0.3) is 0 Å². The topological polar surface area (TPSA) is 164 Å². The molecule has 38 heavy (non-hydrogen) atoms. The van der Waals surface area contributed by atoms with E-state index in [9.17, 15) is 30.3 Å². The standard InChI is InChI=1S/C27H48O11/c1-8-16(14-28)9-15(2)19-10-17(34-5)13-22(29)26(3,4)27(33)24(31)21(36-7)12-18(38-27)11-20(35-6)23(30)25(32)37-19/h9,16-24,28-31,33H,8,10-14H2,1-7H3/b15-9+/t16-,17-,18-,19?,20-,21-,22-,23+,24-,27+/m0/s1.